The number of methoxy groups -OCH3 is 2. The molecule has 0 amide bonds. The van der Waals surface area contributed by atoms with Crippen molar-refractivity contribution in [3.63, 3.8) is 0 Å². The first-order valence-electron chi connectivity index (χ1n) is 9.05. The maximum absolute atomic E-state index is 12.1. The summed E-state index contributed by atoms with van der Waals surface area (Å²) in [6.07, 6.45) is 3.22. The molecule has 0 heterocycles. The Morgan fingerprint density at radius 3 is 2.29 bits per heavy atom. The van der Waals surface area contributed by atoms with Gasteiger partial charge in [0.05, 0.1) is 20.6 Å². The Bertz CT molecular complexity index is 691. The number of carbonyl (C=O) groups is 3. The predicted molar refractivity (Wildman–Crippen MR) is 106 cm³/mol. The van der Waals surface area contributed by atoms with E-state index in [1.54, 1.807) is 12.1 Å². The van der Waals surface area contributed by atoms with E-state index < -0.39 is 30.4 Å². The van der Waals surface area contributed by atoms with Gasteiger partial charge >= 0.3 is 11.9 Å². The van der Waals surface area contributed by atoms with Crippen LogP contribution >= 0.6 is 23.2 Å². The smallest absolute Gasteiger partial charge is 0.338 e. The van der Waals surface area contributed by atoms with Gasteiger partial charge in [-0.05, 0) is 37.0 Å². The fourth-order valence-corrected chi connectivity index (χ4v) is 3.34. The quantitative estimate of drug-likeness (QED) is 0.397. The minimum Gasteiger partial charge on any atom is -0.469 e. The minimum atomic E-state index is -2.19. The van der Waals surface area contributed by atoms with Gasteiger partial charge in [0, 0.05) is 22.9 Å². The van der Waals surface area contributed by atoms with Crippen molar-refractivity contribution < 1.29 is 29.0 Å². The molecule has 0 saturated heterocycles. The van der Waals surface area contributed by atoms with Crippen LogP contribution < -0.4 is 0 Å². The summed E-state index contributed by atoms with van der Waals surface area (Å²) in [5.74, 6) is -2.12. The molecule has 1 atom stereocenters. The van der Waals surface area contributed by atoms with Crippen LogP contribution in [0.1, 0.15) is 50.5 Å². The molecule has 0 bridgehead atoms. The molecule has 0 fully saturated rings. The van der Waals surface area contributed by atoms with E-state index in [-0.39, 0.29) is 12.2 Å². The number of aryl methyl sites for hydroxylation is 1. The van der Waals surface area contributed by atoms with Crippen LogP contribution in [0.25, 0.3) is 0 Å². The third-order valence-electron chi connectivity index (χ3n) is 4.39. The van der Waals surface area contributed by atoms with Gasteiger partial charge in [-0.15, -0.1) is 0 Å². The number of aliphatic hydroxyl groups is 1. The fourth-order valence-electron chi connectivity index (χ4n) is 2.84. The van der Waals surface area contributed by atoms with Crippen molar-refractivity contribution in [1.82, 2.24) is 0 Å². The Balaban J connectivity index is 2.36. The van der Waals surface area contributed by atoms with Crippen LogP contribution in [0.3, 0.4) is 0 Å². The molecule has 6 nitrogen and oxygen atoms in total. The zero-order chi connectivity index (χ0) is 21.2. The lowest BCUT2D eigenvalue weighted by atomic mass is 9.91. The normalized spacial score (nSPS) is 12.9. The maximum Gasteiger partial charge on any atom is 0.338 e. The van der Waals surface area contributed by atoms with E-state index in [0.717, 1.165) is 45.5 Å². The molecule has 1 unspecified atom stereocenters. The second kappa shape index (κ2) is 12.0. The number of esters is 2. The van der Waals surface area contributed by atoms with Gasteiger partial charge in [-0.25, -0.2) is 4.79 Å². The molecule has 1 aromatic rings. The van der Waals surface area contributed by atoms with Crippen LogP contribution in [0, 0.1) is 0 Å². The molecule has 1 aromatic carbocycles. The number of carbonyl (C=O) groups excluding carboxylic acids is 3. The highest BCUT2D eigenvalue weighted by Crippen LogP contribution is 2.23. The Hall–Kier alpha value is -1.63. The zero-order valence-electron chi connectivity index (χ0n) is 16.1. The van der Waals surface area contributed by atoms with Crippen molar-refractivity contribution in [3.8, 4) is 0 Å². The number of hydrogen-bond donors (Lipinski definition) is 1. The summed E-state index contributed by atoms with van der Waals surface area (Å²) in [7, 11) is 2.22. The molecular formula is C20H26Cl2O6. The van der Waals surface area contributed by atoms with Crippen molar-refractivity contribution in [1.29, 1.82) is 0 Å². The van der Waals surface area contributed by atoms with Gasteiger partial charge in [-0.2, -0.15) is 0 Å². The minimum absolute atomic E-state index is 0.210. The van der Waals surface area contributed by atoms with Gasteiger partial charge in [0.15, 0.2) is 5.60 Å². The lowest BCUT2D eigenvalue weighted by Gasteiger charge is -2.23. The third kappa shape index (κ3) is 8.17. The highest BCUT2D eigenvalue weighted by molar-refractivity contribution is 6.35. The summed E-state index contributed by atoms with van der Waals surface area (Å²) in [6.45, 7) is 0. The third-order valence-corrected chi connectivity index (χ3v) is 4.97. The first-order chi connectivity index (χ1) is 13.2. The van der Waals surface area contributed by atoms with Gasteiger partial charge in [0.25, 0.3) is 0 Å². The van der Waals surface area contributed by atoms with Gasteiger partial charge < -0.3 is 14.6 Å². The number of ether oxygens (including phenoxy) is 2. The average molecular weight is 433 g/mol. The molecule has 0 aliphatic rings. The molecule has 0 aliphatic carbocycles. The van der Waals surface area contributed by atoms with Gasteiger partial charge in [0.1, 0.15) is 5.78 Å². The van der Waals surface area contributed by atoms with Crippen LogP contribution in [0.4, 0.5) is 0 Å². The van der Waals surface area contributed by atoms with E-state index in [0.29, 0.717) is 16.5 Å². The SMILES string of the molecule is COC(=O)CC(O)(CC(=O)CCCCCCc1ccc(Cl)cc1Cl)C(=O)OC. The van der Waals surface area contributed by atoms with Crippen LogP contribution in [0.2, 0.25) is 10.0 Å². The fraction of sp³-hybridized carbons (Fsp3) is 0.550. The van der Waals surface area contributed by atoms with Gasteiger partial charge in [-0.3, -0.25) is 9.59 Å². The maximum atomic E-state index is 12.1. The van der Waals surface area contributed by atoms with Crippen molar-refractivity contribution in [2.45, 2.75) is 57.0 Å². The van der Waals surface area contributed by atoms with E-state index >= 15 is 0 Å². The van der Waals surface area contributed by atoms with Crippen molar-refractivity contribution in [3.05, 3.63) is 33.8 Å². The predicted octanol–water partition coefficient (Wildman–Crippen LogP) is 3.91. The summed E-state index contributed by atoms with van der Waals surface area (Å²) in [5, 5.41) is 11.6. The van der Waals surface area contributed by atoms with E-state index in [2.05, 4.69) is 9.47 Å². The van der Waals surface area contributed by atoms with E-state index in [9.17, 15) is 19.5 Å². The zero-order valence-corrected chi connectivity index (χ0v) is 17.6. The van der Waals surface area contributed by atoms with Crippen molar-refractivity contribution in [2.24, 2.45) is 0 Å². The first-order valence-corrected chi connectivity index (χ1v) is 9.80. The molecule has 156 valence electrons. The van der Waals surface area contributed by atoms with E-state index in [1.165, 1.54) is 0 Å². The van der Waals surface area contributed by atoms with Gasteiger partial charge in [-0.1, -0.05) is 42.1 Å². The van der Waals surface area contributed by atoms with Crippen molar-refractivity contribution >= 4 is 40.9 Å². The summed E-state index contributed by atoms with van der Waals surface area (Å²) >= 11 is 12.0. The second-order valence-electron chi connectivity index (χ2n) is 6.64. The Kier molecular flexibility index (Phi) is 10.5. The molecule has 0 aliphatic heterocycles. The Morgan fingerprint density at radius 1 is 1.00 bits per heavy atom. The highest BCUT2D eigenvalue weighted by Gasteiger charge is 2.41. The van der Waals surface area contributed by atoms with E-state index in [1.807, 2.05) is 6.07 Å². The summed E-state index contributed by atoms with van der Waals surface area (Å²) in [5.41, 5.74) is -1.15. The first kappa shape index (κ1) is 24.4. The molecule has 0 saturated carbocycles. The molecule has 28 heavy (non-hydrogen) atoms. The number of benzene rings is 1. The lowest BCUT2D eigenvalue weighted by Crippen LogP contribution is -2.43. The molecule has 1 rings (SSSR count). The molecular weight excluding hydrogens is 407 g/mol. The molecule has 1 N–H and O–H groups in total. The van der Waals surface area contributed by atoms with Gasteiger partial charge in [0.2, 0.25) is 0 Å². The van der Waals surface area contributed by atoms with E-state index in [4.69, 9.17) is 23.2 Å². The topological polar surface area (TPSA) is 89.9 Å². The van der Waals surface area contributed by atoms with Crippen LogP contribution in [0.5, 0.6) is 0 Å². The van der Waals surface area contributed by atoms with Crippen LogP contribution in [0.15, 0.2) is 18.2 Å². The standard InChI is InChI=1S/C20H26Cl2O6/c1-27-18(24)13-20(26,19(25)28-2)12-16(23)8-6-4-3-5-7-14-9-10-15(21)11-17(14)22/h9-11,26H,3-8,12-13H2,1-2H3. The Morgan fingerprint density at radius 2 is 1.68 bits per heavy atom. The average Bonchev–Trinajstić information content (AvgIpc) is 2.64. The summed E-state index contributed by atoms with van der Waals surface area (Å²) < 4.78 is 8.97. The molecule has 0 radical (unpaired) electrons. The number of ketones is 1. The number of halogens is 2. The number of rotatable bonds is 12. The molecule has 0 spiro atoms. The molecule has 0 aromatic heterocycles. The lowest BCUT2D eigenvalue weighted by molar-refractivity contribution is -0.171. The monoisotopic (exact) mass is 432 g/mol. The van der Waals surface area contributed by atoms with Crippen LogP contribution in [-0.4, -0.2) is 42.6 Å². The summed E-state index contributed by atoms with van der Waals surface area (Å²) in [6, 6.07) is 5.43. The molecule has 8 heteroatoms. The second-order valence-corrected chi connectivity index (χ2v) is 7.49. The summed E-state index contributed by atoms with van der Waals surface area (Å²) in [4.78, 5) is 35.3. The largest absolute Gasteiger partial charge is 0.469 e. The number of Topliss-reactive ketones (excluding diaryl/α,β-unsaturated/α-hetero) is 1. The number of unbranched alkanes of at least 4 members (excludes halogenated alkanes) is 3. The van der Waals surface area contributed by atoms with Crippen LogP contribution in [-0.2, 0) is 30.3 Å². The van der Waals surface area contributed by atoms with Crippen molar-refractivity contribution in [2.75, 3.05) is 14.2 Å². The number of hydrogen-bond acceptors (Lipinski definition) is 6. The Labute approximate surface area is 175 Å². The highest BCUT2D eigenvalue weighted by atomic mass is 35.5.